The molecule has 49 heavy (non-hydrogen) atoms. The van der Waals surface area contributed by atoms with E-state index in [0.29, 0.717) is 0 Å². The summed E-state index contributed by atoms with van der Waals surface area (Å²) in [6, 6.07) is 49.0. The van der Waals surface area contributed by atoms with Gasteiger partial charge in [0, 0.05) is 50.2 Å². The lowest BCUT2D eigenvalue weighted by Gasteiger charge is -2.43. The molecule has 3 aliphatic rings. The Morgan fingerprint density at radius 1 is 0.653 bits per heavy atom. The molecule has 1 aliphatic carbocycles. The number of rotatable bonds is 2. The van der Waals surface area contributed by atoms with E-state index in [4.69, 9.17) is 4.74 Å². The second-order valence-corrected chi connectivity index (χ2v) is 15.4. The van der Waals surface area contributed by atoms with E-state index < -0.39 is 0 Å². The summed E-state index contributed by atoms with van der Waals surface area (Å²) in [4.78, 5) is 2.55. The maximum absolute atomic E-state index is 6.98. The molecule has 6 aromatic carbocycles. The van der Waals surface area contributed by atoms with Crippen molar-refractivity contribution in [3.8, 4) is 17.2 Å². The summed E-state index contributed by atoms with van der Waals surface area (Å²) in [6.45, 7) is 11.7. The first-order chi connectivity index (χ1) is 23.7. The van der Waals surface area contributed by atoms with Crippen LogP contribution in [0.5, 0.6) is 11.5 Å². The second-order valence-electron chi connectivity index (χ2n) is 15.4. The predicted molar refractivity (Wildman–Crippen MR) is 206 cm³/mol. The molecular weight excluding hydrogens is 595 g/mol. The molecule has 1 aromatic heterocycles. The molecular formula is C45H37BN2O. The van der Waals surface area contributed by atoms with Gasteiger partial charge in [-0.05, 0) is 89.1 Å². The molecule has 4 heteroatoms. The molecule has 0 radical (unpaired) electrons. The first-order valence-corrected chi connectivity index (χ1v) is 17.4. The van der Waals surface area contributed by atoms with Gasteiger partial charge in [-0.15, -0.1) is 0 Å². The van der Waals surface area contributed by atoms with Crippen molar-refractivity contribution in [1.82, 2.24) is 4.57 Å². The Hall–Kier alpha value is -5.48. The molecule has 0 fully saturated rings. The fraction of sp³-hybridized carbons (Fsp3) is 0.156. The van der Waals surface area contributed by atoms with E-state index in [1.807, 2.05) is 0 Å². The summed E-state index contributed by atoms with van der Waals surface area (Å²) in [5.41, 5.74) is 13.7. The number of ether oxygens (including phenoxy) is 1. The van der Waals surface area contributed by atoms with Gasteiger partial charge in [-0.25, -0.2) is 0 Å². The highest BCUT2D eigenvalue weighted by atomic mass is 16.5. The van der Waals surface area contributed by atoms with Crippen LogP contribution in [-0.4, -0.2) is 11.3 Å². The Labute approximate surface area is 288 Å². The quantitative estimate of drug-likeness (QED) is 0.177. The van der Waals surface area contributed by atoms with Gasteiger partial charge in [-0.1, -0.05) is 112 Å². The van der Waals surface area contributed by atoms with Gasteiger partial charge in [0.15, 0.2) is 0 Å². The molecule has 0 amide bonds. The minimum absolute atomic E-state index is 0.00945. The fourth-order valence-electron chi connectivity index (χ4n) is 8.97. The normalized spacial score (nSPS) is 15.6. The Bertz CT molecular complexity index is 2530. The van der Waals surface area contributed by atoms with Crippen LogP contribution in [0.1, 0.15) is 51.4 Å². The molecule has 3 nitrogen and oxygen atoms in total. The average Bonchev–Trinajstić information content (AvgIpc) is 3.58. The Balaban J connectivity index is 1.35. The minimum atomic E-state index is -0.342. The zero-order chi connectivity index (χ0) is 33.2. The number of para-hydroxylation sites is 2. The first kappa shape index (κ1) is 28.5. The Morgan fingerprint density at radius 3 is 2.14 bits per heavy atom. The number of nitrogens with zero attached hydrogens (tertiary/aromatic N) is 2. The maximum atomic E-state index is 6.98. The second kappa shape index (κ2) is 9.79. The number of fused-ring (bicyclic) bond motifs is 9. The highest BCUT2D eigenvalue weighted by Crippen LogP contribution is 2.58. The van der Waals surface area contributed by atoms with Crippen molar-refractivity contribution in [2.24, 2.45) is 0 Å². The predicted octanol–water partition coefficient (Wildman–Crippen LogP) is 10.2. The molecule has 0 saturated carbocycles. The third-order valence-electron chi connectivity index (χ3n) is 11.1. The molecule has 3 heterocycles. The molecule has 7 aromatic rings. The van der Waals surface area contributed by atoms with Crippen molar-refractivity contribution >= 4 is 56.2 Å². The standard InChI is InChI=1S/C45H37BN2O/c1-44(2,3)29-23-25-31(26-24-29)48-36-20-13-21-37-39(36)46(34-27-22-28-14-9-10-17-32(28)41(34)49-37)40-38-33-18-11-12-19-35(33)47(30-15-7-6-8-16-30)42(38)45(4,5)43(40)48/h6-27H,1-5H3. The van der Waals surface area contributed by atoms with Crippen LogP contribution in [0.25, 0.3) is 32.8 Å². The highest BCUT2D eigenvalue weighted by Gasteiger charge is 2.54. The van der Waals surface area contributed by atoms with Gasteiger partial charge in [-0.3, -0.25) is 0 Å². The highest BCUT2D eigenvalue weighted by molar-refractivity contribution is 7.03. The Kier molecular flexibility index (Phi) is 5.70. The summed E-state index contributed by atoms with van der Waals surface area (Å²) < 4.78 is 9.51. The molecule has 0 unspecified atom stereocenters. The van der Waals surface area contributed by atoms with Crippen molar-refractivity contribution in [1.29, 1.82) is 0 Å². The van der Waals surface area contributed by atoms with E-state index in [-0.39, 0.29) is 17.5 Å². The van der Waals surface area contributed by atoms with Crippen LogP contribution in [0.15, 0.2) is 139 Å². The molecule has 0 atom stereocenters. The maximum Gasteiger partial charge on any atom is 0.256 e. The van der Waals surface area contributed by atoms with E-state index in [2.05, 4.69) is 178 Å². The summed E-state index contributed by atoms with van der Waals surface area (Å²) in [5.74, 6) is 1.91. The van der Waals surface area contributed by atoms with Crippen molar-refractivity contribution in [2.45, 2.75) is 45.4 Å². The van der Waals surface area contributed by atoms with Crippen LogP contribution in [-0.2, 0) is 10.8 Å². The van der Waals surface area contributed by atoms with Crippen LogP contribution in [0.3, 0.4) is 0 Å². The number of hydrogen-bond acceptors (Lipinski definition) is 2. The van der Waals surface area contributed by atoms with Gasteiger partial charge in [0.1, 0.15) is 11.5 Å². The molecule has 10 rings (SSSR count). The fourth-order valence-corrected chi connectivity index (χ4v) is 8.97. The van der Waals surface area contributed by atoms with Gasteiger partial charge in [0.2, 0.25) is 0 Å². The van der Waals surface area contributed by atoms with E-state index in [9.17, 15) is 0 Å². The van der Waals surface area contributed by atoms with Crippen LogP contribution < -0.4 is 20.6 Å². The largest absolute Gasteiger partial charge is 0.458 e. The van der Waals surface area contributed by atoms with E-state index in [1.165, 1.54) is 72.3 Å². The molecule has 0 spiro atoms. The van der Waals surface area contributed by atoms with Gasteiger partial charge in [0.05, 0.1) is 5.52 Å². The molecule has 0 bridgehead atoms. The number of benzene rings is 6. The van der Waals surface area contributed by atoms with Crippen molar-refractivity contribution in [2.75, 3.05) is 4.90 Å². The topological polar surface area (TPSA) is 17.4 Å². The lowest BCUT2D eigenvalue weighted by atomic mass is 9.33. The number of anilines is 2. The van der Waals surface area contributed by atoms with E-state index >= 15 is 0 Å². The zero-order valence-corrected chi connectivity index (χ0v) is 28.6. The summed E-state index contributed by atoms with van der Waals surface area (Å²) in [7, 11) is 0. The van der Waals surface area contributed by atoms with Crippen molar-refractivity contribution in [3.05, 3.63) is 156 Å². The number of aromatic nitrogens is 1. The summed E-state index contributed by atoms with van der Waals surface area (Å²) >= 11 is 0. The van der Waals surface area contributed by atoms with Gasteiger partial charge < -0.3 is 14.2 Å². The van der Waals surface area contributed by atoms with Crippen LogP contribution in [0, 0.1) is 0 Å². The van der Waals surface area contributed by atoms with Crippen LogP contribution in [0.4, 0.5) is 11.4 Å². The number of hydrogen-bond donors (Lipinski definition) is 0. The van der Waals surface area contributed by atoms with Crippen LogP contribution >= 0.6 is 0 Å². The zero-order valence-electron chi connectivity index (χ0n) is 28.6. The van der Waals surface area contributed by atoms with Gasteiger partial charge in [-0.2, -0.15) is 0 Å². The third-order valence-corrected chi connectivity index (χ3v) is 11.1. The van der Waals surface area contributed by atoms with Crippen LogP contribution in [0.2, 0.25) is 0 Å². The van der Waals surface area contributed by atoms with E-state index in [0.717, 1.165) is 16.9 Å². The van der Waals surface area contributed by atoms with Gasteiger partial charge >= 0.3 is 0 Å². The lowest BCUT2D eigenvalue weighted by molar-refractivity contribution is 0.493. The molecule has 236 valence electrons. The lowest BCUT2D eigenvalue weighted by Crippen LogP contribution is -2.53. The van der Waals surface area contributed by atoms with Gasteiger partial charge in [0.25, 0.3) is 6.71 Å². The third kappa shape index (κ3) is 3.80. The number of allylic oxidation sites excluding steroid dienone is 1. The smallest absolute Gasteiger partial charge is 0.256 e. The van der Waals surface area contributed by atoms with E-state index in [1.54, 1.807) is 0 Å². The molecule has 2 aliphatic heterocycles. The van der Waals surface area contributed by atoms with Crippen molar-refractivity contribution < 1.29 is 4.74 Å². The SMILES string of the molecule is CC(C)(C)c1ccc(N2C3=C(B4c5ccc6ccccc6c5Oc5cccc2c54)c2c(n(-c4ccccc4)c4ccccc24)C3(C)C)cc1. The summed E-state index contributed by atoms with van der Waals surface area (Å²) in [5, 5.41) is 3.64. The monoisotopic (exact) mass is 632 g/mol. The first-order valence-electron chi connectivity index (χ1n) is 17.4. The summed E-state index contributed by atoms with van der Waals surface area (Å²) in [6.07, 6.45) is 0. The molecule has 0 N–H and O–H groups in total. The van der Waals surface area contributed by atoms with Crippen molar-refractivity contribution in [3.63, 3.8) is 0 Å². The Morgan fingerprint density at radius 2 is 1.37 bits per heavy atom. The average molecular weight is 633 g/mol. The minimum Gasteiger partial charge on any atom is -0.458 e. The molecule has 0 saturated heterocycles.